The van der Waals surface area contributed by atoms with Crippen LogP contribution in [-0.4, -0.2) is 23.7 Å². The molecule has 2 unspecified atom stereocenters. The number of hydrogen-bond donors (Lipinski definition) is 1. The van der Waals surface area contributed by atoms with E-state index in [1.54, 1.807) is 12.1 Å². The summed E-state index contributed by atoms with van der Waals surface area (Å²) < 4.78 is 29.4. The third-order valence-corrected chi connectivity index (χ3v) is 5.19. The van der Waals surface area contributed by atoms with Gasteiger partial charge in [-0.2, -0.15) is 20.5 Å². The summed E-state index contributed by atoms with van der Waals surface area (Å²) in [6, 6.07) is 5.17. The molecule has 0 spiro atoms. The van der Waals surface area contributed by atoms with E-state index in [1.165, 1.54) is 18.9 Å². The van der Waals surface area contributed by atoms with Gasteiger partial charge in [0.15, 0.2) is 0 Å². The summed E-state index contributed by atoms with van der Waals surface area (Å²) in [5.74, 6) is 1.29. The lowest BCUT2D eigenvalue weighted by atomic mass is 10.1. The SMILES string of the molecule is CCSC1CCCC1NCc1cc(Cl)ccc1OC(F)F. The number of nitrogens with one attached hydrogen (secondary N) is 1. The van der Waals surface area contributed by atoms with E-state index in [-0.39, 0.29) is 5.75 Å². The van der Waals surface area contributed by atoms with Gasteiger partial charge in [-0.25, -0.2) is 0 Å². The first-order valence-corrected chi connectivity index (χ1v) is 8.61. The van der Waals surface area contributed by atoms with E-state index in [4.69, 9.17) is 11.6 Å². The maximum absolute atomic E-state index is 12.4. The molecule has 1 aromatic carbocycles. The van der Waals surface area contributed by atoms with Crippen molar-refractivity contribution in [3.05, 3.63) is 28.8 Å². The van der Waals surface area contributed by atoms with Crippen LogP contribution in [0.2, 0.25) is 5.02 Å². The van der Waals surface area contributed by atoms with Crippen molar-refractivity contribution in [1.82, 2.24) is 5.32 Å². The molecule has 0 aliphatic heterocycles. The molecule has 1 aliphatic carbocycles. The Kier molecular flexibility index (Phi) is 6.58. The van der Waals surface area contributed by atoms with Crippen molar-refractivity contribution in [3.63, 3.8) is 0 Å². The molecule has 0 bridgehead atoms. The Balaban J connectivity index is 2.00. The van der Waals surface area contributed by atoms with E-state index in [9.17, 15) is 8.78 Å². The maximum Gasteiger partial charge on any atom is 0.387 e. The monoisotopic (exact) mass is 335 g/mol. The third kappa shape index (κ3) is 5.01. The van der Waals surface area contributed by atoms with Crippen LogP contribution in [0.25, 0.3) is 0 Å². The maximum atomic E-state index is 12.4. The van der Waals surface area contributed by atoms with Crippen molar-refractivity contribution in [2.45, 2.75) is 50.6 Å². The van der Waals surface area contributed by atoms with Gasteiger partial charge in [-0.3, -0.25) is 0 Å². The summed E-state index contributed by atoms with van der Waals surface area (Å²) in [6.45, 7) is -0.167. The Hall–Kier alpha value is -0.520. The number of alkyl halides is 2. The number of thioether (sulfide) groups is 1. The van der Waals surface area contributed by atoms with E-state index in [0.29, 0.717) is 28.4 Å². The van der Waals surface area contributed by atoms with Gasteiger partial charge >= 0.3 is 6.61 Å². The minimum absolute atomic E-state index is 0.194. The number of ether oxygens (including phenoxy) is 1. The number of hydrogen-bond acceptors (Lipinski definition) is 3. The Morgan fingerprint density at radius 2 is 2.24 bits per heavy atom. The molecule has 1 N–H and O–H groups in total. The second kappa shape index (κ2) is 8.20. The Morgan fingerprint density at radius 1 is 1.43 bits per heavy atom. The molecule has 0 aromatic heterocycles. The molecule has 1 aliphatic rings. The highest BCUT2D eigenvalue weighted by atomic mass is 35.5. The average molecular weight is 336 g/mol. The number of halogens is 3. The summed E-state index contributed by atoms with van der Waals surface area (Å²) in [6.07, 6.45) is 3.56. The van der Waals surface area contributed by atoms with E-state index in [1.807, 2.05) is 11.8 Å². The topological polar surface area (TPSA) is 21.3 Å². The van der Waals surface area contributed by atoms with Crippen molar-refractivity contribution >= 4 is 23.4 Å². The summed E-state index contributed by atoms with van der Waals surface area (Å²) in [7, 11) is 0. The fourth-order valence-electron chi connectivity index (χ4n) is 2.71. The normalized spacial score (nSPS) is 22.0. The Bertz CT molecular complexity index is 461. The molecule has 0 amide bonds. The summed E-state index contributed by atoms with van der Waals surface area (Å²) >= 11 is 7.91. The molecule has 2 nitrogen and oxygen atoms in total. The van der Waals surface area contributed by atoms with Crippen molar-refractivity contribution in [2.75, 3.05) is 5.75 Å². The molecule has 6 heteroatoms. The highest BCUT2D eigenvalue weighted by molar-refractivity contribution is 7.99. The molecule has 118 valence electrons. The minimum atomic E-state index is -2.82. The minimum Gasteiger partial charge on any atom is -0.434 e. The van der Waals surface area contributed by atoms with Crippen LogP contribution >= 0.6 is 23.4 Å². The Labute approximate surface area is 133 Å². The second-order valence-electron chi connectivity index (χ2n) is 5.04. The van der Waals surface area contributed by atoms with E-state index < -0.39 is 6.61 Å². The van der Waals surface area contributed by atoms with Crippen molar-refractivity contribution < 1.29 is 13.5 Å². The van der Waals surface area contributed by atoms with Crippen LogP contribution in [0.4, 0.5) is 8.78 Å². The number of benzene rings is 1. The summed E-state index contributed by atoms with van der Waals surface area (Å²) in [4.78, 5) is 0. The molecule has 21 heavy (non-hydrogen) atoms. The predicted molar refractivity (Wildman–Crippen MR) is 84.5 cm³/mol. The zero-order chi connectivity index (χ0) is 15.2. The predicted octanol–water partition coefficient (Wildman–Crippen LogP) is 4.71. The zero-order valence-electron chi connectivity index (χ0n) is 12.0. The van der Waals surface area contributed by atoms with Gasteiger partial charge in [-0.05, 0) is 36.8 Å². The summed E-state index contributed by atoms with van der Waals surface area (Å²) in [5, 5.41) is 4.60. The lowest BCUT2D eigenvalue weighted by molar-refractivity contribution is -0.0505. The Morgan fingerprint density at radius 3 is 2.95 bits per heavy atom. The van der Waals surface area contributed by atoms with E-state index >= 15 is 0 Å². The third-order valence-electron chi connectivity index (χ3n) is 3.63. The summed E-state index contributed by atoms with van der Waals surface area (Å²) in [5.41, 5.74) is 0.676. The first-order valence-electron chi connectivity index (χ1n) is 7.18. The van der Waals surface area contributed by atoms with Crippen LogP contribution in [0.15, 0.2) is 18.2 Å². The fraction of sp³-hybridized carbons (Fsp3) is 0.600. The molecule has 2 atom stereocenters. The first-order chi connectivity index (χ1) is 10.1. The van der Waals surface area contributed by atoms with Gasteiger partial charge in [-0.1, -0.05) is 24.9 Å². The lowest BCUT2D eigenvalue weighted by Crippen LogP contribution is -2.33. The molecule has 2 rings (SSSR count). The van der Waals surface area contributed by atoms with E-state index in [2.05, 4.69) is 17.0 Å². The lowest BCUT2D eigenvalue weighted by Gasteiger charge is -2.21. The molecule has 0 radical (unpaired) electrons. The van der Waals surface area contributed by atoms with Gasteiger partial charge in [0.1, 0.15) is 5.75 Å². The molecule has 0 saturated heterocycles. The van der Waals surface area contributed by atoms with Crippen molar-refractivity contribution in [2.24, 2.45) is 0 Å². The smallest absolute Gasteiger partial charge is 0.387 e. The largest absolute Gasteiger partial charge is 0.434 e. The fourth-order valence-corrected chi connectivity index (χ4v) is 4.13. The van der Waals surface area contributed by atoms with Crippen LogP contribution in [0.3, 0.4) is 0 Å². The van der Waals surface area contributed by atoms with Gasteiger partial charge < -0.3 is 10.1 Å². The van der Waals surface area contributed by atoms with Crippen LogP contribution in [0.5, 0.6) is 5.75 Å². The highest BCUT2D eigenvalue weighted by Gasteiger charge is 2.26. The van der Waals surface area contributed by atoms with Gasteiger partial charge in [0, 0.05) is 28.4 Å². The van der Waals surface area contributed by atoms with Gasteiger partial charge in [0.05, 0.1) is 0 Å². The van der Waals surface area contributed by atoms with Crippen LogP contribution in [0, 0.1) is 0 Å². The molecular weight excluding hydrogens is 316 g/mol. The van der Waals surface area contributed by atoms with Crippen molar-refractivity contribution in [1.29, 1.82) is 0 Å². The first kappa shape index (κ1) is 16.8. The molecular formula is C15H20ClF2NOS. The van der Waals surface area contributed by atoms with Crippen LogP contribution < -0.4 is 10.1 Å². The molecule has 1 fully saturated rings. The quantitative estimate of drug-likeness (QED) is 0.780. The standard InChI is InChI=1S/C15H20ClF2NOS/c1-2-21-14-5-3-4-12(14)19-9-10-8-11(16)6-7-13(10)20-15(17)18/h6-8,12,14-15,19H,2-5,9H2,1H3. The average Bonchev–Trinajstić information content (AvgIpc) is 2.86. The van der Waals surface area contributed by atoms with Gasteiger partial charge in [0.25, 0.3) is 0 Å². The number of rotatable bonds is 7. The van der Waals surface area contributed by atoms with Crippen LogP contribution in [-0.2, 0) is 6.54 Å². The van der Waals surface area contributed by atoms with E-state index in [0.717, 1.165) is 12.2 Å². The second-order valence-corrected chi connectivity index (χ2v) is 7.00. The van der Waals surface area contributed by atoms with Gasteiger partial charge in [0.2, 0.25) is 0 Å². The van der Waals surface area contributed by atoms with Crippen LogP contribution in [0.1, 0.15) is 31.7 Å². The molecule has 0 heterocycles. The van der Waals surface area contributed by atoms with Gasteiger partial charge in [-0.15, -0.1) is 0 Å². The molecule has 1 saturated carbocycles. The zero-order valence-corrected chi connectivity index (χ0v) is 13.5. The highest BCUT2D eigenvalue weighted by Crippen LogP contribution is 2.31. The molecule has 1 aromatic rings. The van der Waals surface area contributed by atoms with Crippen molar-refractivity contribution in [3.8, 4) is 5.75 Å².